The second-order valence-electron chi connectivity index (χ2n) is 4.04. The van der Waals surface area contributed by atoms with E-state index in [4.69, 9.17) is 0 Å². The lowest BCUT2D eigenvalue weighted by Gasteiger charge is -2.18. The van der Waals surface area contributed by atoms with Crippen LogP contribution in [0.5, 0.6) is 0 Å². The van der Waals surface area contributed by atoms with Crippen molar-refractivity contribution >= 4 is 15.9 Å². The van der Waals surface area contributed by atoms with Gasteiger partial charge < -0.3 is 5.32 Å². The van der Waals surface area contributed by atoms with Crippen LogP contribution in [-0.4, -0.2) is 11.5 Å². The van der Waals surface area contributed by atoms with Crippen LogP contribution in [0.4, 0.5) is 0 Å². The van der Waals surface area contributed by atoms with Crippen molar-refractivity contribution in [1.29, 1.82) is 0 Å². The zero-order valence-corrected chi connectivity index (χ0v) is 11.5. The van der Waals surface area contributed by atoms with Crippen molar-refractivity contribution in [2.24, 2.45) is 0 Å². The largest absolute Gasteiger partial charge is 0.310 e. The summed E-state index contributed by atoms with van der Waals surface area (Å²) >= 11 is 3.45. The molecule has 16 heavy (non-hydrogen) atoms. The second kappa shape index (κ2) is 6.81. The highest BCUT2D eigenvalue weighted by Gasteiger charge is 2.10. The number of hydrogen-bond donors (Lipinski definition) is 1. The average Bonchev–Trinajstić information content (AvgIpc) is 2.24. The van der Waals surface area contributed by atoms with Crippen LogP contribution < -0.4 is 5.32 Å². The van der Waals surface area contributed by atoms with E-state index in [-0.39, 0.29) is 0 Å². The first kappa shape index (κ1) is 13.4. The van der Waals surface area contributed by atoms with Crippen LogP contribution in [0.1, 0.15) is 38.3 Å². The quantitative estimate of drug-likeness (QED) is 0.802. The molecule has 0 aromatic carbocycles. The Morgan fingerprint density at radius 3 is 2.88 bits per heavy atom. The summed E-state index contributed by atoms with van der Waals surface area (Å²) in [5, 5.41) is 3.48. The van der Waals surface area contributed by atoms with Gasteiger partial charge in [0.25, 0.3) is 0 Å². The molecule has 0 aliphatic rings. The summed E-state index contributed by atoms with van der Waals surface area (Å²) in [4.78, 5) is 4.21. The molecular formula is C13H19BrN2. The van der Waals surface area contributed by atoms with Gasteiger partial charge in [-0.25, -0.2) is 0 Å². The zero-order chi connectivity index (χ0) is 12.0. The molecule has 0 amide bonds. The molecule has 1 atom stereocenters. The summed E-state index contributed by atoms with van der Waals surface area (Å²) in [6, 6.07) is 2.49. The van der Waals surface area contributed by atoms with Crippen molar-refractivity contribution in [3.05, 3.63) is 40.6 Å². The van der Waals surface area contributed by atoms with E-state index < -0.39 is 0 Å². The van der Waals surface area contributed by atoms with Crippen LogP contribution in [0.3, 0.4) is 0 Å². The van der Waals surface area contributed by atoms with Crippen molar-refractivity contribution in [1.82, 2.24) is 10.3 Å². The normalized spacial score (nSPS) is 12.4. The fraction of sp³-hybridized carbons (Fsp3) is 0.462. The molecule has 0 radical (unpaired) electrons. The molecule has 0 aliphatic carbocycles. The Bertz CT molecular complexity index is 350. The maximum Gasteiger partial charge on any atom is 0.0410 e. The predicted octanol–water partition coefficient (Wildman–Crippen LogP) is 3.85. The summed E-state index contributed by atoms with van der Waals surface area (Å²) in [6.45, 7) is 9.11. The predicted molar refractivity (Wildman–Crippen MR) is 72.4 cm³/mol. The fourth-order valence-corrected chi connectivity index (χ4v) is 2.03. The number of pyridine rings is 1. The van der Waals surface area contributed by atoms with Crippen LogP contribution in [0.15, 0.2) is 35.1 Å². The third-order valence-corrected chi connectivity index (χ3v) is 2.87. The molecule has 2 nitrogen and oxygen atoms in total. The molecular weight excluding hydrogens is 264 g/mol. The number of nitrogens with zero attached hydrogens (tertiary/aromatic N) is 1. The minimum atomic E-state index is 0.367. The highest BCUT2D eigenvalue weighted by molar-refractivity contribution is 9.10. The van der Waals surface area contributed by atoms with Crippen molar-refractivity contribution in [3.8, 4) is 0 Å². The topological polar surface area (TPSA) is 24.9 Å². The van der Waals surface area contributed by atoms with E-state index >= 15 is 0 Å². The highest BCUT2D eigenvalue weighted by atomic mass is 79.9. The van der Waals surface area contributed by atoms with E-state index in [1.807, 2.05) is 12.4 Å². The van der Waals surface area contributed by atoms with E-state index in [0.717, 1.165) is 23.9 Å². The summed E-state index contributed by atoms with van der Waals surface area (Å²) in [6.07, 6.45) is 5.85. The molecule has 0 saturated heterocycles. The molecule has 1 unspecified atom stereocenters. The van der Waals surface area contributed by atoms with E-state index in [1.165, 1.54) is 11.1 Å². The average molecular weight is 283 g/mol. The van der Waals surface area contributed by atoms with Gasteiger partial charge in [0.05, 0.1) is 0 Å². The summed E-state index contributed by atoms with van der Waals surface area (Å²) < 4.78 is 1.03. The number of rotatable bonds is 6. The molecule has 1 N–H and O–H groups in total. The number of nitrogens with one attached hydrogen (secondary N) is 1. The first-order chi connectivity index (χ1) is 7.63. The SMILES string of the molecule is C=C(C)CCC(NCC)c1cncc(Br)c1. The number of aromatic nitrogens is 1. The van der Waals surface area contributed by atoms with Gasteiger partial charge in [0.1, 0.15) is 0 Å². The van der Waals surface area contributed by atoms with E-state index in [0.29, 0.717) is 6.04 Å². The number of allylic oxidation sites excluding steroid dienone is 1. The molecule has 0 fully saturated rings. The van der Waals surface area contributed by atoms with Crippen molar-refractivity contribution in [2.45, 2.75) is 32.7 Å². The first-order valence-corrected chi connectivity index (χ1v) is 6.41. The van der Waals surface area contributed by atoms with Crippen LogP contribution in [-0.2, 0) is 0 Å². The molecule has 1 aromatic heterocycles. The van der Waals surface area contributed by atoms with Crippen LogP contribution in [0, 0.1) is 0 Å². The molecule has 3 heteroatoms. The number of hydrogen-bond acceptors (Lipinski definition) is 2. The third-order valence-electron chi connectivity index (χ3n) is 2.44. The molecule has 88 valence electrons. The van der Waals surface area contributed by atoms with Gasteiger partial charge in [-0.2, -0.15) is 0 Å². The standard InChI is InChI=1S/C13H19BrN2/c1-4-16-13(6-5-10(2)3)11-7-12(14)9-15-8-11/h7-9,13,16H,2,4-6H2,1,3H3. The van der Waals surface area contributed by atoms with E-state index in [9.17, 15) is 0 Å². The Labute approximate surface area is 106 Å². The van der Waals surface area contributed by atoms with Gasteiger partial charge in [0.2, 0.25) is 0 Å². The van der Waals surface area contributed by atoms with Gasteiger partial charge in [0, 0.05) is 22.9 Å². The number of halogens is 1. The lowest BCUT2D eigenvalue weighted by Crippen LogP contribution is -2.21. The zero-order valence-electron chi connectivity index (χ0n) is 9.96. The lowest BCUT2D eigenvalue weighted by molar-refractivity contribution is 0.513. The second-order valence-corrected chi connectivity index (χ2v) is 4.96. The van der Waals surface area contributed by atoms with Crippen LogP contribution in [0.2, 0.25) is 0 Å². The van der Waals surface area contributed by atoms with E-state index in [2.05, 4.69) is 52.7 Å². The molecule has 0 aliphatic heterocycles. The van der Waals surface area contributed by atoms with Gasteiger partial charge in [-0.15, -0.1) is 6.58 Å². The minimum absolute atomic E-state index is 0.367. The van der Waals surface area contributed by atoms with Gasteiger partial charge in [-0.05, 0) is 53.9 Å². The van der Waals surface area contributed by atoms with Gasteiger partial charge in [-0.3, -0.25) is 4.98 Å². The molecule has 0 spiro atoms. The van der Waals surface area contributed by atoms with Gasteiger partial charge in [0.15, 0.2) is 0 Å². The highest BCUT2D eigenvalue weighted by Crippen LogP contribution is 2.22. The van der Waals surface area contributed by atoms with Crippen LogP contribution >= 0.6 is 15.9 Å². The maximum absolute atomic E-state index is 4.21. The Morgan fingerprint density at radius 2 is 2.31 bits per heavy atom. The fourth-order valence-electron chi connectivity index (χ4n) is 1.64. The minimum Gasteiger partial charge on any atom is -0.310 e. The van der Waals surface area contributed by atoms with Gasteiger partial charge in [-0.1, -0.05) is 12.5 Å². The van der Waals surface area contributed by atoms with Crippen LogP contribution in [0.25, 0.3) is 0 Å². The molecule has 1 heterocycles. The van der Waals surface area contributed by atoms with Crippen molar-refractivity contribution in [3.63, 3.8) is 0 Å². The first-order valence-electron chi connectivity index (χ1n) is 5.61. The molecule has 1 aromatic rings. The molecule has 0 saturated carbocycles. The van der Waals surface area contributed by atoms with Gasteiger partial charge >= 0.3 is 0 Å². The Balaban J connectivity index is 2.72. The molecule has 1 rings (SSSR count). The van der Waals surface area contributed by atoms with Crippen molar-refractivity contribution < 1.29 is 0 Å². The Morgan fingerprint density at radius 1 is 1.56 bits per heavy atom. The smallest absolute Gasteiger partial charge is 0.0410 e. The van der Waals surface area contributed by atoms with E-state index in [1.54, 1.807) is 0 Å². The molecule has 0 bridgehead atoms. The third kappa shape index (κ3) is 4.45. The summed E-state index contributed by atoms with van der Waals surface area (Å²) in [5.41, 5.74) is 2.46. The Kier molecular flexibility index (Phi) is 5.71. The maximum atomic E-state index is 4.21. The Hall–Kier alpha value is -0.670. The monoisotopic (exact) mass is 282 g/mol. The van der Waals surface area contributed by atoms with Crippen molar-refractivity contribution in [2.75, 3.05) is 6.54 Å². The summed E-state index contributed by atoms with van der Waals surface area (Å²) in [7, 11) is 0. The summed E-state index contributed by atoms with van der Waals surface area (Å²) in [5.74, 6) is 0. The lowest BCUT2D eigenvalue weighted by atomic mass is 10.0.